The molecular weight excluding hydrogens is 316 g/mol. The van der Waals surface area contributed by atoms with Gasteiger partial charge in [-0.3, -0.25) is 9.59 Å². The molecule has 1 amide bonds. The van der Waals surface area contributed by atoms with Crippen molar-refractivity contribution in [3.05, 3.63) is 42.0 Å². The standard InChI is InChI=1S/C20H20N2O3/c21-14-20(10-4-1-5-11-20)22-19(24)13-25-18-9-8-15-6-2-3-7-16(15)17(18)12-23/h2-3,6-9,12H,1,4-5,10-11,13H2,(H,22,24). The molecular formula is C20H20N2O3. The number of amides is 1. The van der Waals surface area contributed by atoms with Gasteiger partial charge in [0.25, 0.3) is 5.91 Å². The molecule has 1 aliphatic rings. The van der Waals surface area contributed by atoms with Gasteiger partial charge in [-0.25, -0.2) is 0 Å². The summed E-state index contributed by atoms with van der Waals surface area (Å²) in [5, 5.41) is 14.0. The van der Waals surface area contributed by atoms with Crippen LogP contribution in [0.4, 0.5) is 0 Å². The smallest absolute Gasteiger partial charge is 0.259 e. The van der Waals surface area contributed by atoms with Crippen molar-refractivity contribution in [2.75, 3.05) is 6.61 Å². The van der Waals surface area contributed by atoms with Crippen LogP contribution in [0.25, 0.3) is 10.8 Å². The maximum Gasteiger partial charge on any atom is 0.259 e. The Morgan fingerprint density at radius 1 is 1.20 bits per heavy atom. The predicted molar refractivity (Wildman–Crippen MR) is 94.4 cm³/mol. The van der Waals surface area contributed by atoms with Crippen LogP contribution >= 0.6 is 0 Å². The van der Waals surface area contributed by atoms with Gasteiger partial charge in [0.1, 0.15) is 11.3 Å². The second-order valence-corrected chi connectivity index (χ2v) is 6.41. The van der Waals surface area contributed by atoms with Gasteiger partial charge in [0.2, 0.25) is 0 Å². The number of fused-ring (bicyclic) bond motifs is 1. The molecule has 0 atom stereocenters. The third kappa shape index (κ3) is 3.63. The first-order chi connectivity index (χ1) is 12.2. The highest BCUT2D eigenvalue weighted by atomic mass is 16.5. The van der Waals surface area contributed by atoms with Crippen LogP contribution in [-0.2, 0) is 4.79 Å². The Labute approximate surface area is 146 Å². The van der Waals surface area contributed by atoms with E-state index in [1.54, 1.807) is 6.07 Å². The van der Waals surface area contributed by atoms with Crippen molar-refractivity contribution < 1.29 is 14.3 Å². The topological polar surface area (TPSA) is 79.2 Å². The highest BCUT2D eigenvalue weighted by molar-refractivity contribution is 6.00. The number of carbonyl (C=O) groups is 2. The fraction of sp³-hybridized carbons (Fsp3) is 0.350. The minimum absolute atomic E-state index is 0.220. The zero-order valence-corrected chi connectivity index (χ0v) is 14.0. The molecule has 0 saturated heterocycles. The van der Waals surface area contributed by atoms with Crippen molar-refractivity contribution in [2.45, 2.75) is 37.6 Å². The van der Waals surface area contributed by atoms with Crippen molar-refractivity contribution in [3.63, 3.8) is 0 Å². The Hall–Kier alpha value is -2.87. The normalized spacial score (nSPS) is 16.0. The average molecular weight is 336 g/mol. The Kier molecular flexibility index (Phi) is 4.99. The molecule has 2 aromatic carbocycles. The lowest BCUT2D eigenvalue weighted by molar-refractivity contribution is -0.124. The number of ether oxygens (including phenoxy) is 1. The van der Waals surface area contributed by atoms with E-state index in [1.165, 1.54) is 0 Å². The van der Waals surface area contributed by atoms with Crippen molar-refractivity contribution in [1.29, 1.82) is 5.26 Å². The van der Waals surface area contributed by atoms with Crippen molar-refractivity contribution in [3.8, 4) is 11.8 Å². The van der Waals surface area contributed by atoms with Gasteiger partial charge in [0.05, 0.1) is 11.6 Å². The number of nitriles is 1. The van der Waals surface area contributed by atoms with Gasteiger partial charge >= 0.3 is 0 Å². The molecule has 2 aromatic rings. The van der Waals surface area contributed by atoms with Crippen LogP contribution in [0.2, 0.25) is 0 Å². The summed E-state index contributed by atoms with van der Waals surface area (Å²) in [6.07, 6.45) is 5.06. The molecule has 0 bridgehead atoms. The molecule has 0 spiro atoms. The van der Waals surface area contributed by atoms with Crippen molar-refractivity contribution in [1.82, 2.24) is 5.32 Å². The summed E-state index contributed by atoms with van der Waals surface area (Å²) >= 11 is 0. The van der Waals surface area contributed by atoms with Gasteiger partial charge in [-0.05, 0) is 29.7 Å². The molecule has 0 unspecified atom stereocenters. The molecule has 1 saturated carbocycles. The van der Waals surface area contributed by atoms with E-state index < -0.39 is 5.54 Å². The number of hydrogen-bond acceptors (Lipinski definition) is 4. The van der Waals surface area contributed by atoms with Crippen LogP contribution in [-0.4, -0.2) is 24.3 Å². The maximum absolute atomic E-state index is 12.2. The first-order valence-electron chi connectivity index (χ1n) is 8.49. The predicted octanol–water partition coefficient (Wildman–Crippen LogP) is 3.37. The van der Waals surface area contributed by atoms with Crippen LogP contribution < -0.4 is 10.1 Å². The molecule has 0 aromatic heterocycles. The summed E-state index contributed by atoms with van der Waals surface area (Å²) in [7, 11) is 0. The van der Waals surface area contributed by atoms with E-state index in [0.717, 1.165) is 36.3 Å². The lowest BCUT2D eigenvalue weighted by Gasteiger charge is -2.31. The van der Waals surface area contributed by atoms with Gasteiger partial charge in [-0.15, -0.1) is 0 Å². The zero-order valence-electron chi connectivity index (χ0n) is 14.0. The van der Waals surface area contributed by atoms with E-state index in [9.17, 15) is 14.9 Å². The van der Waals surface area contributed by atoms with E-state index in [1.807, 2.05) is 30.3 Å². The molecule has 25 heavy (non-hydrogen) atoms. The average Bonchev–Trinajstić information content (AvgIpc) is 2.66. The molecule has 1 aliphatic carbocycles. The van der Waals surface area contributed by atoms with Gasteiger partial charge in [0.15, 0.2) is 12.9 Å². The van der Waals surface area contributed by atoms with E-state index in [0.29, 0.717) is 24.2 Å². The molecule has 0 radical (unpaired) electrons. The highest BCUT2D eigenvalue weighted by Gasteiger charge is 2.33. The molecule has 5 heteroatoms. The van der Waals surface area contributed by atoms with E-state index >= 15 is 0 Å². The molecule has 3 rings (SSSR count). The third-order valence-electron chi connectivity index (χ3n) is 4.71. The quantitative estimate of drug-likeness (QED) is 0.849. The Morgan fingerprint density at radius 3 is 2.68 bits per heavy atom. The third-order valence-corrected chi connectivity index (χ3v) is 4.71. The Bertz CT molecular complexity index is 832. The van der Waals surface area contributed by atoms with Gasteiger partial charge in [-0.2, -0.15) is 5.26 Å². The van der Waals surface area contributed by atoms with Crippen LogP contribution in [0.15, 0.2) is 36.4 Å². The first kappa shape index (κ1) is 17.0. The van der Waals surface area contributed by atoms with E-state index in [-0.39, 0.29) is 12.5 Å². The summed E-state index contributed by atoms with van der Waals surface area (Å²) in [4.78, 5) is 23.7. The molecule has 0 aliphatic heterocycles. The Balaban J connectivity index is 1.71. The number of nitrogens with zero attached hydrogens (tertiary/aromatic N) is 1. The molecule has 128 valence electrons. The van der Waals surface area contributed by atoms with Crippen molar-refractivity contribution >= 4 is 23.0 Å². The molecule has 0 heterocycles. The first-order valence-corrected chi connectivity index (χ1v) is 8.49. The maximum atomic E-state index is 12.2. The monoisotopic (exact) mass is 336 g/mol. The number of nitrogens with one attached hydrogen (secondary N) is 1. The molecule has 1 N–H and O–H groups in total. The second-order valence-electron chi connectivity index (χ2n) is 6.41. The second kappa shape index (κ2) is 7.35. The zero-order chi connectivity index (χ0) is 17.7. The van der Waals surface area contributed by atoms with Gasteiger partial charge in [0, 0.05) is 0 Å². The fourth-order valence-corrected chi connectivity index (χ4v) is 3.39. The minimum atomic E-state index is -0.782. The number of aldehydes is 1. The minimum Gasteiger partial charge on any atom is -0.483 e. The van der Waals surface area contributed by atoms with Crippen LogP contribution in [0, 0.1) is 11.3 Å². The molecule has 1 fully saturated rings. The van der Waals surface area contributed by atoms with E-state index in [2.05, 4.69) is 11.4 Å². The summed E-state index contributed by atoms with van der Waals surface area (Å²) in [5.74, 6) is 0.0342. The highest BCUT2D eigenvalue weighted by Crippen LogP contribution is 2.28. The lowest BCUT2D eigenvalue weighted by atomic mass is 9.83. The van der Waals surface area contributed by atoms with E-state index in [4.69, 9.17) is 4.74 Å². The number of hydrogen-bond donors (Lipinski definition) is 1. The van der Waals surface area contributed by atoms with Gasteiger partial charge in [-0.1, -0.05) is 49.6 Å². The van der Waals surface area contributed by atoms with Crippen LogP contribution in [0.1, 0.15) is 42.5 Å². The number of benzene rings is 2. The lowest BCUT2D eigenvalue weighted by Crippen LogP contribution is -2.50. The fourth-order valence-electron chi connectivity index (χ4n) is 3.39. The van der Waals surface area contributed by atoms with Crippen LogP contribution in [0.5, 0.6) is 5.75 Å². The summed E-state index contributed by atoms with van der Waals surface area (Å²) in [6, 6.07) is 13.3. The summed E-state index contributed by atoms with van der Waals surface area (Å²) < 4.78 is 5.58. The number of carbonyl (C=O) groups excluding carboxylic acids is 2. The van der Waals surface area contributed by atoms with Crippen LogP contribution in [0.3, 0.4) is 0 Å². The largest absolute Gasteiger partial charge is 0.483 e. The number of rotatable bonds is 5. The SMILES string of the molecule is N#CC1(NC(=O)COc2ccc3ccccc3c2C=O)CCCCC1. The summed E-state index contributed by atoms with van der Waals surface area (Å²) in [6.45, 7) is -0.220. The van der Waals surface area contributed by atoms with Crippen molar-refractivity contribution in [2.24, 2.45) is 0 Å². The van der Waals surface area contributed by atoms with Gasteiger partial charge < -0.3 is 10.1 Å². The summed E-state index contributed by atoms with van der Waals surface area (Å²) in [5.41, 5.74) is -0.353. The Morgan fingerprint density at radius 2 is 1.96 bits per heavy atom. The molecule has 5 nitrogen and oxygen atoms in total.